The van der Waals surface area contributed by atoms with Crippen LogP contribution in [0.2, 0.25) is 0 Å². The summed E-state index contributed by atoms with van der Waals surface area (Å²) < 4.78 is 0. The first-order chi connectivity index (χ1) is 20.9. The summed E-state index contributed by atoms with van der Waals surface area (Å²) in [6.07, 6.45) is 43.3. The van der Waals surface area contributed by atoms with Crippen molar-refractivity contribution >= 4 is 23.5 Å². The van der Waals surface area contributed by atoms with Gasteiger partial charge in [0, 0.05) is 9.79 Å². The van der Waals surface area contributed by atoms with E-state index in [1.54, 1.807) is 0 Å². The average Bonchev–Trinajstić information content (AvgIpc) is 3.01. The second kappa shape index (κ2) is 33.8. The van der Waals surface area contributed by atoms with Gasteiger partial charge >= 0.3 is 0 Å². The van der Waals surface area contributed by atoms with Gasteiger partial charge in [-0.3, -0.25) is 0 Å². The quantitative estimate of drug-likeness (QED) is 0.0557. The van der Waals surface area contributed by atoms with Gasteiger partial charge in [0.2, 0.25) is 0 Å². The van der Waals surface area contributed by atoms with Crippen LogP contribution < -0.4 is 0 Å². The van der Waals surface area contributed by atoms with E-state index in [2.05, 4.69) is 38.1 Å². The van der Waals surface area contributed by atoms with Crippen molar-refractivity contribution in [3.8, 4) is 0 Å². The molecule has 0 aliphatic heterocycles. The zero-order valence-electron chi connectivity index (χ0n) is 28.7. The molecule has 0 heterocycles. The topological polar surface area (TPSA) is 0 Å². The molecule has 0 bridgehead atoms. The standard InChI is InChI=1S/C40H73S2/c1-3-5-7-9-11-13-15-17-19-21-23-25-27-29-31-36-41-39-34-33-35-40(38-39)42-37-32-30-28-26-24-22-20-18-16-14-12-10-8-6-4-2/h34-35,38H,3-32,36-37H2,1-2H3. The lowest BCUT2D eigenvalue weighted by Gasteiger charge is -2.06. The summed E-state index contributed by atoms with van der Waals surface area (Å²) in [6, 6.07) is 10.2. The van der Waals surface area contributed by atoms with Gasteiger partial charge in [-0.15, -0.1) is 23.5 Å². The molecule has 0 unspecified atom stereocenters. The van der Waals surface area contributed by atoms with Crippen molar-refractivity contribution in [3.05, 3.63) is 24.3 Å². The predicted molar refractivity (Wildman–Crippen MR) is 197 cm³/mol. The lowest BCUT2D eigenvalue weighted by Crippen LogP contribution is -1.86. The van der Waals surface area contributed by atoms with E-state index >= 15 is 0 Å². The molecule has 0 fully saturated rings. The van der Waals surface area contributed by atoms with Crippen LogP contribution in [0.1, 0.15) is 206 Å². The van der Waals surface area contributed by atoms with Crippen molar-refractivity contribution in [2.75, 3.05) is 11.5 Å². The SMILES string of the molecule is CCCCCCCCCCCCCCCCCSc1c[c]cc(SCCCCCCCCCCCCCCCCC)c1. The number of hydrogen-bond acceptors (Lipinski definition) is 2. The van der Waals surface area contributed by atoms with Gasteiger partial charge in [0.15, 0.2) is 0 Å². The van der Waals surface area contributed by atoms with E-state index in [0.717, 1.165) is 0 Å². The largest absolute Gasteiger partial charge is 0.126 e. The first-order valence-electron chi connectivity index (χ1n) is 19.1. The molecule has 1 radical (unpaired) electrons. The van der Waals surface area contributed by atoms with Gasteiger partial charge in [-0.2, -0.15) is 0 Å². The van der Waals surface area contributed by atoms with E-state index in [9.17, 15) is 0 Å². The number of hydrogen-bond donors (Lipinski definition) is 0. The molecule has 0 saturated heterocycles. The van der Waals surface area contributed by atoms with Crippen molar-refractivity contribution < 1.29 is 0 Å². The van der Waals surface area contributed by atoms with Gasteiger partial charge in [-0.05, 0) is 48.6 Å². The zero-order valence-corrected chi connectivity index (χ0v) is 30.3. The minimum Gasteiger partial charge on any atom is -0.126 e. The fourth-order valence-corrected chi connectivity index (χ4v) is 7.89. The van der Waals surface area contributed by atoms with Gasteiger partial charge < -0.3 is 0 Å². The lowest BCUT2D eigenvalue weighted by atomic mass is 10.0. The van der Waals surface area contributed by atoms with E-state index in [1.165, 1.54) is 214 Å². The van der Waals surface area contributed by atoms with Crippen LogP contribution in [0.4, 0.5) is 0 Å². The molecule has 1 aromatic carbocycles. The fourth-order valence-electron chi connectivity index (χ4n) is 5.92. The van der Waals surface area contributed by atoms with Crippen LogP contribution in [-0.2, 0) is 0 Å². The first-order valence-corrected chi connectivity index (χ1v) is 21.1. The van der Waals surface area contributed by atoms with Crippen molar-refractivity contribution in [2.45, 2.75) is 216 Å². The monoisotopic (exact) mass is 618 g/mol. The molecule has 0 nitrogen and oxygen atoms in total. The molecule has 1 rings (SSSR count). The maximum atomic E-state index is 3.40. The Labute approximate surface area is 274 Å². The van der Waals surface area contributed by atoms with E-state index in [-0.39, 0.29) is 0 Å². The third kappa shape index (κ3) is 28.7. The molecule has 0 aliphatic carbocycles. The third-order valence-corrected chi connectivity index (χ3v) is 10.9. The van der Waals surface area contributed by atoms with Crippen LogP contribution in [0, 0.1) is 6.07 Å². The first kappa shape index (κ1) is 39.9. The molecule has 0 amide bonds. The maximum Gasteiger partial charge on any atom is 0.00892 e. The summed E-state index contributed by atoms with van der Waals surface area (Å²) in [4.78, 5) is 2.84. The van der Waals surface area contributed by atoms with E-state index in [0.29, 0.717) is 0 Å². The molecular formula is C40H73S2. The Morgan fingerprint density at radius 1 is 0.357 bits per heavy atom. The van der Waals surface area contributed by atoms with Crippen LogP contribution in [0.3, 0.4) is 0 Å². The van der Waals surface area contributed by atoms with Crippen LogP contribution in [-0.4, -0.2) is 11.5 Å². The third-order valence-electron chi connectivity index (χ3n) is 8.77. The molecule has 2 heteroatoms. The molecule has 0 atom stereocenters. The number of benzene rings is 1. The second-order valence-corrected chi connectivity index (χ2v) is 15.3. The lowest BCUT2D eigenvalue weighted by molar-refractivity contribution is 0.535. The van der Waals surface area contributed by atoms with Crippen molar-refractivity contribution in [1.82, 2.24) is 0 Å². The average molecular weight is 618 g/mol. The molecule has 0 N–H and O–H groups in total. The van der Waals surface area contributed by atoms with Crippen LogP contribution >= 0.6 is 23.5 Å². The van der Waals surface area contributed by atoms with E-state index in [4.69, 9.17) is 0 Å². The summed E-state index contributed by atoms with van der Waals surface area (Å²) in [5.74, 6) is 2.53. The maximum absolute atomic E-state index is 3.40. The summed E-state index contributed by atoms with van der Waals surface area (Å²) in [5.41, 5.74) is 0. The van der Waals surface area contributed by atoms with Crippen molar-refractivity contribution in [2.24, 2.45) is 0 Å². The Kier molecular flexibility index (Phi) is 32.2. The molecule has 0 spiro atoms. The van der Waals surface area contributed by atoms with Crippen molar-refractivity contribution in [3.63, 3.8) is 0 Å². The molecule has 1 aromatic rings. The fraction of sp³-hybridized carbons (Fsp3) is 0.850. The van der Waals surface area contributed by atoms with Crippen LogP contribution in [0.5, 0.6) is 0 Å². The van der Waals surface area contributed by atoms with Gasteiger partial charge in [0.25, 0.3) is 0 Å². The van der Waals surface area contributed by atoms with Crippen LogP contribution in [0.25, 0.3) is 0 Å². The second-order valence-electron chi connectivity index (χ2n) is 13.0. The Hall–Kier alpha value is -0.0800. The molecule has 0 aromatic heterocycles. The number of unbranched alkanes of at least 4 members (excludes halogenated alkanes) is 28. The summed E-state index contributed by atoms with van der Waals surface area (Å²) >= 11 is 4.08. The Morgan fingerprint density at radius 2 is 0.595 bits per heavy atom. The molecular weight excluding hydrogens is 545 g/mol. The van der Waals surface area contributed by atoms with E-state index in [1.807, 2.05) is 23.5 Å². The van der Waals surface area contributed by atoms with Gasteiger partial charge in [-0.25, -0.2) is 0 Å². The van der Waals surface area contributed by atoms with E-state index < -0.39 is 0 Å². The summed E-state index contributed by atoms with van der Waals surface area (Å²) in [7, 11) is 0. The zero-order chi connectivity index (χ0) is 30.0. The molecule has 42 heavy (non-hydrogen) atoms. The normalized spacial score (nSPS) is 11.5. The highest BCUT2D eigenvalue weighted by Crippen LogP contribution is 2.27. The van der Waals surface area contributed by atoms with Gasteiger partial charge in [-0.1, -0.05) is 194 Å². The Balaban J connectivity index is 1.84. The highest BCUT2D eigenvalue weighted by Gasteiger charge is 2.00. The number of rotatable bonds is 34. The minimum absolute atomic E-state index is 1.26. The highest BCUT2D eigenvalue weighted by molar-refractivity contribution is 8.00. The Bertz CT molecular complexity index is 591. The smallest absolute Gasteiger partial charge is 0.00892 e. The highest BCUT2D eigenvalue weighted by atomic mass is 32.2. The van der Waals surface area contributed by atoms with Gasteiger partial charge in [0.05, 0.1) is 0 Å². The number of thioether (sulfide) groups is 2. The Morgan fingerprint density at radius 3 is 0.857 bits per heavy atom. The van der Waals surface area contributed by atoms with Crippen LogP contribution in [0.15, 0.2) is 28.0 Å². The molecule has 245 valence electrons. The predicted octanol–water partition coefficient (Wildman–Crippen LogP) is 15.4. The minimum atomic E-state index is 1.26. The molecule has 0 saturated carbocycles. The molecule has 0 aliphatic rings. The summed E-state index contributed by atoms with van der Waals surface area (Å²) in [5, 5.41) is 0. The van der Waals surface area contributed by atoms with Gasteiger partial charge in [0.1, 0.15) is 0 Å². The van der Waals surface area contributed by atoms with Crippen molar-refractivity contribution in [1.29, 1.82) is 0 Å². The summed E-state index contributed by atoms with van der Waals surface area (Å²) in [6.45, 7) is 4.61.